The molecule has 0 saturated heterocycles. The van der Waals surface area contributed by atoms with Crippen LogP contribution in [0, 0.1) is 0 Å². The van der Waals surface area contributed by atoms with Crippen LogP contribution in [0.2, 0.25) is 0 Å². The van der Waals surface area contributed by atoms with Crippen molar-refractivity contribution in [3.63, 3.8) is 0 Å². The van der Waals surface area contributed by atoms with E-state index in [0.29, 0.717) is 42.0 Å². The van der Waals surface area contributed by atoms with Crippen molar-refractivity contribution >= 4 is 0 Å². The Labute approximate surface area is 132 Å². The maximum atomic E-state index is 6.18. The number of hydrogen-bond donors (Lipinski definition) is 1. The third-order valence-corrected chi connectivity index (χ3v) is 4.07. The highest BCUT2D eigenvalue weighted by Gasteiger charge is 2.38. The Balaban J connectivity index is 1.41. The van der Waals surface area contributed by atoms with Gasteiger partial charge in [0.15, 0.2) is 5.82 Å². The summed E-state index contributed by atoms with van der Waals surface area (Å²) in [5, 5.41) is 7.92. The highest BCUT2D eigenvalue weighted by atomic mass is 16.5. The molecule has 23 heavy (non-hydrogen) atoms. The van der Waals surface area contributed by atoms with Crippen LogP contribution in [0.5, 0.6) is 0 Å². The molecule has 0 radical (unpaired) electrons. The van der Waals surface area contributed by atoms with Gasteiger partial charge in [0.25, 0.3) is 0 Å². The lowest BCUT2D eigenvalue weighted by Crippen LogP contribution is -2.44. The predicted molar refractivity (Wildman–Crippen MR) is 79.0 cm³/mol. The average Bonchev–Trinajstić information content (AvgIpc) is 3.21. The molecule has 3 aromatic rings. The molecular weight excluding hydrogens is 296 g/mol. The first-order chi connectivity index (χ1) is 11.2. The average molecular weight is 312 g/mol. The molecule has 0 aromatic carbocycles. The van der Waals surface area contributed by atoms with Crippen LogP contribution in [0.15, 0.2) is 33.4 Å². The van der Waals surface area contributed by atoms with Crippen LogP contribution in [0.25, 0.3) is 11.5 Å². The summed E-state index contributed by atoms with van der Waals surface area (Å²) in [5.41, 5.74) is 6.45. The van der Waals surface area contributed by atoms with Gasteiger partial charge in [-0.1, -0.05) is 16.4 Å². The second kappa shape index (κ2) is 5.54. The zero-order valence-corrected chi connectivity index (χ0v) is 12.5. The Kier molecular flexibility index (Phi) is 3.38. The van der Waals surface area contributed by atoms with Crippen molar-refractivity contribution in [1.82, 2.24) is 25.3 Å². The van der Waals surface area contributed by atoms with Crippen LogP contribution in [0.1, 0.15) is 36.9 Å². The SMILES string of the molecule is NC1(c2noc(CCc3nc(-c4ccccn4)no3)n2)CCC1. The second-order valence-electron chi connectivity index (χ2n) is 5.75. The zero-order chi connectivity index (χ0) is 15.7. The molecule has 3 aromatic heterocycles. The number of aryl methyl sites for hydroxylation is 2. The summed E-state index contributed by atoms with van der Waals surface area (Å²) >= 11 is 0. The molecule has 118 valence electrons. The van der Waals surface area contributed by atoms with Gasteiger partial charge in [-0.15, -0.1) is 0 Å². The van der Waals surface area contributed by atoms with E-state index in [1.54, 1.807) is 6.20 Å². The molecule has 0 unspecified atom stereocenters. The molecule has 0 aliphatic heterocycles. The molecule has 4 rings (SSSR count). The molecule has 1 aliphatic carbocycles. The topological polar surface area (TPSA) is 117 Å². The van der Waals surface area contributed by atoms with Crippen LogP contribution in [-0.4, -0.2) is 25.3 Å². The largest absolute Gasteiger partial charge is 0.339 e. The van der Waals surface area contributed by atoms with Crippen molar-refractivity contribution in [3.05, 3.63) is 42.0 Å². The molecule has 1 aliphatic rings. The van der Waals surface area contributed by atoms with Crippen molar-refractivity contribution in [2.45, 2.75) is 37.6 Å². The maximum absolute atomic E-state index is 6.18. The van der Waals surface area contributed by atoms with Gasteiger partial charge >= 0.3 is 0 Å². The Hall–Kier alpha value is -2.61. The fourth-order valence-corrected chi connectivity index (χ4v) is 2.51. The fourth-order valence-electron chi connectivity index (χ4n) is 2.51. The number of pyridine rings is 1. The first-order valence-corrected chi connectivity index (χ1v) is 7.59. The van der Waals surface area contributed by atoms with Crippen LogP contribution in [0.4, 0.5) is 0 Å². The second-order valence-corrected chi connectivity index (χ2v) is 5.75. The first kappa shape index (κ1) is 14.0. The number of nitrogens with two attached hydrogens (primary N) is 1. The standard InChI is InChI=1S/C15H16N6O2/c16-15(7-3-8-15)14-19-12(23-21-14)6-5-11-18-13(20-22-11)10-4-1-2-9-17-10/h1-2,4,9H,3,5-8,16H2. The Morgan fingerprint density at radius 2 is 1.83 bits per heavy atom. The van der Waals surface area contributed by atoms with E-state index >= 15 is 0 Å². The first-order valence-electron chi connectivity index (χ1n) is 7.59. The van der Waals surface area contributed by atoms with Crippen molar-refractivity contribution in [2.75, 3.05) is 0 Å². The van der Waals surface area contributed by atoms with Crippen molar-refractivity contribution in [2.24, 2.45) is 5.73 Å². The molecule has 0 atom stereocenters. The van der Waals surface area contributed by atoms with E-state index in [1.165, 1.54) is 0 Å². The molecule has 8 heteroatoms. The summed E-state index contributed by atoms with van der Waals surface area (Å²) < 4.78 is 10.5. The number of nitrogens with zero attached hydrogens (tertiary/aromatic N) is 5. The molecule has 2 N–H and O–H groups in total. The molecule has 0 amide bonds. The summed E-state index contributed by atoms with van der Waals surface area (Å²) in [6.07, 6.45) is 5.67. The van der Waals surface area contributed by atoms with Crippen molar-refractivity contribution in [3.8, 4) is 11.5 Å². The van der Waals surface area contributed by atoms with Crippen LogP contribution < -0.4 is 5.73 Å². The predicted octanol–water partition coefficient (Wildman–Crippen LogP) is 1.64. The summed E-state index contributed by atoms with van der Waals surface area (Å²) in [4.78, 5) is 12.9. The lowest BCUT2D eigenvalue weighted by Gasteiger charge is -2.34. The summed E-state index contributed by atoms with van der Waals surface area (Å²) in [6.45, 7) is 0. The van der Waals surface area contributed by atoms with Crippen LogP contribution in [-0.2, 0) is 18.4 Å². The quantitative estimate of drug-likeness (QED) is 0.755. The molecule has 3 heterocycles. The third kappa shape index (κ3) is 2.72. The Morgan fingerprint density at radius 1 is 1.04 bits per heavy atom. The van der Waals surface area contributed by atoms with Gasteiger partial charge in [0.1, 0.15) is 5.69 Å². The van der Waals surface area contributed by atoms with Gasteiger partial charge in [-0.3, -0.25) is 4.98 Å². The summed E-state index contributed by atoms with van der Waals surface area (Å²) in [5.74, 6) is 2.12. The van der Waals surface area contributed by atoms with E-state index in [-0.39, 0.29) is 0 Å². The minimum Gasteiger partial charge on any atom is -0.339 e. The highest BCUT2D eigenvalue weighted by Crippen LogP contribution is 2.36. The number of aromatic nitrogens is 5. The normalized spacial score (nSPS) is 16.2. The fraction of sp³-hybridized carbons (Fsp3) is 0.400. The molecule has 1 saturated carbocycles. The Morgan fingerprint density at radius 3 is 2.52 bits per heavy atom. The molecule has 0 bridgehead atoms. The third-order valence-electron chi connectivity index (χ3n) is 4.07. The monoisotopic (exact) mass is 312 g/mol. The van der Waals surface area contributed by atoms with E-state index in [2.05, 4.69) is 25.3 Å². The van der Waals surface area contributed by atoms with E-state index in [1.807, 2.05) is 18.2 Å². The van der Waals surface area contributed by atoms with Gasteiger partial charge in [0.2, 0.25) is 17.6 Å². The highest BCUT2D eigenvalue weighted by molar-refractivity contribution is 5.46. The molecular formula is C15H16N6O2. The lowest BCUT2D eigenvalue weighted by molar-refractivity contribution is 0.229. The molecule has 0 spiro atoms. The minimum atomic E-state index is -0.404. The van der Waals surface area contributed by atoms with E-state index in [0.717, 1.165) is 19.3 Å². The van der Waals surface area contributed by atoms with Gasteiger partial charge in [0.05, 0.1) is 5.54 Å². The maximum Gasteiger partial charge on any atom is 0.227 e. The van der Waals surface area contributed by atoms with Gasteiger partial charge in [-0.05, 0) is 31.4 Å². The lowest BCUT2D eigenvalue weighted by atomic mass is 9.77. The smallest absolute Gasteiger partial charge is 0.227 e. The van der Waals surface area contributed by atoms with E-state index in [9.17, 15) is 0 Å². The van der Waals surface area contributed by atoms with E-state index < -0.39 is 5.54 Å². The van der Waals surface area contributed by atoms with Gasteiger partial charge in [-0.25, -0.2) is 0 Å². The summed E-state index contributed by atoms with van der Waals surface area (Å²) in [6, 6.07) is 5.55. The zero-order valence-electron chi connectivity index (χ0n) is 12.5. The van der Waals surface area contributed by atoms with Crippen molar-refractivity contribution < 1.29 is 9.05 Å². The van der Waals surface area contributed by atoms with E-state index in [4.69, 9.17) is 14.8 Å². The van der Waals surface area contributed by atoms with Gasteiger partial charge in [0, 0.05) is 19.0 Å². The number of hydrogen-bond acceptors (Lipinski definition) is 8. The summed E-state index contributed by atoms with van der Waals surface area (Å²) in [7, 11) is 0. The molecule has 8 nitrogen and oxygen atoms in total. The van der Waals surface area contributed by atoms with Crippen molar-refractivity contribution in [1.29, 1.82) is 0 Å². The molecule has 1 fully saturated rings. The van der Waals surface area contributed by atoms with Crippen LogP contribution >= 0.6 is 0 Å². The van der Waals surface area contributed by atoms with Crippen LogP contribution in [0.3, 0.4) is 0 Å². The Bertz CT molecular complexity index is 793. The number of rotatable bonds is 5. The minimum absolute atomic E-state index is 0.404. The van der Waals surface area contributed by atoms with Gasteiger partial charge in [-0.2, -0.15) is 9.97 Å². The van der Waals surface area contributed by atoms with Gasteiger partial charge < -0.3 is 14.8 Å².